The number of hydrogen-bond acceptors (Lipinski definition) is 7. The van der Waals surface area contributed by atoms with Crippen molar-refractivity contribution in [2.24, 2.45) is 15.3 Å². The second-order valence-corrected chi connectivity index (χ2v) is 12.0. The lowest BCUT2D eigenvalue weighted by Gasteiger charge is -2.35. The first-order valence-corrected chi connectivity index (χ1v) is 14.2. The smallest absolute Gasteiger partial charge is 0.234 e. The van der Waals surface area contributed by atoms with Crippen LogP contribution in [0.4, 0.5) is 5.69 Å². The van der Waals surface area contributed by atoms with Gasteiger partial charge in [0, 0.05) is 35.3 Å². The van der Waals surface area contributed by atoms with Gasteiger partial charge < -0.3 is 19.5 Å². The number of benzene rings is 3. The molecule has 1 saturated heterocycles. The van der Waals surface area contributed by atoms with Gasteiger partial charge in [0.05, 0.1) is 35.8 Å². The van der Waals surface area contributed by atoms with Crippen molar-refractivity contribution in [1.82, 2.24) is 4.90 Å². The molecule has 2 heterocycles. The highest BCUT2D eigenvalue weighted by atomic mass is 35.5. The van der Waals surface area contributed by atoms with E-state index in [1.54, 1.807) is 55.6 Å². The zero-order chi connectivity index (χ0) is 26.2. The number of guanidine groups is 1. The van der Waals surface area contributed by atoms with Crippen molar-refractivity contribution in [3.8, 4) is 11.5 Å². The van der Waals surface area contributed by atoms with Gasteiger partial charge in [-0.3, -0.25) is 0 Å². The van der Waals surface area contributed by atoms with Crippen LogP contribution in [0.1, 0.15) is 24.5 Å². The summed E-state index contributed by atoms with van der Waals surface area (Å²) in [4.78, 5) is 7.81. The van der Waals surface area contributed by atoms with Crippen LogP contribution in [0.25, 0.3) is 0 Å². The van der Waals surface area contributed by atoms with E-state index in [1.807, 2.05) is 17.0 Å². The third kappa shape index (κ3) is 5.03. The second-order valence-electron chi connectivity index (χ2n) is 8.98. The summed E-state index contributed by atoms with van der Waals surface area (Å²) < 4.78 is 30.3. The minimum absolute atomic E-state index is 0.0823. The lowest BCUT2D eigenvalue weighted by atomic mass is 9.87. The summed E-state index contributed by atoms with van der Waals surface area (Å²) in [5.74, 6) is 1.43. The highest BCUT2D eigenvalue weighted by Crippen LogP contribution is 2.43. The number of piperidine rings is 1. The Morgan fingerprint density at radius 3 is 2.11 bits per heavy atom. The Labute approximate surface area is 226 Å². The number of aliphatic hydroxyl groups is 1. The Balaban J connectivity index is 1.48. The Morgan fingerprint density at radius 1 is 0.946 bits per heavy atom. The Bertz CT molecular complexity index is 1440. The molecule has 3 aromatic carbocycles. The summed E-state index contributed by atoms with van der Waals surface area (Å²) in [6.07, 6.45) is 0.888. The number of nitrogens with zero attached hydrogens (tertiary/aromatic N) is 3. The molecule has 10 heteroatoms. The molecule has 0 spiro atoms. The lowest BCUT2D eigenvalue weighted by molar-refractivity contribution is 0.0738. The number of halogens is 2. The predicted octanol–water partition coefficient (Wildman–Crippen LogP) is 6.34. The number of aliphatic imine (C=N–C) groups is 1. The van der Waals surface area contributed by atoms with Crippen LogP contribution in [0, 0.1) is 5.92 Å². The average Bonchev–Trinajstić information content (AvgIpc) is 2.92. The Hall–Kier alpha value is -2.78. The van der Waals surface area contributed by atoms with Crippen molar-refractivity contribution in [3.05, 3.63) is 76.3 Å². The summed E-state index contributed by atoms with van der Waals surface area (Å²) in [7, 11) is 0.00279. The van der Waals surface area contributed by atoms with Crippen LogP contribution in [0.3, 0.4) is 0 Å². The van der Waals surface area contributed by atoms with E-state index in [-0.39, 0.29) is 5.92 Å². The van der Waals surface area contributed by atoms with Crippen LogP contribution in [0.2, 0.25) is 10.0 Å². The number of rotatable bonds is 5. The SMILES string of the molecule is COc1cc2c(cc1OC)S(=O)(c1ccc(Cl)cc1)=NC(N1CCC(C(O)c3ccc(Cl)cc3)CC1)=N2. The molecular formula is C27H27Cl2N3O4S. The molecule has 1 N–H and O–H groups in total. The van der Waals surface area contributed by atoms with Crippen LogP contribution in [-0.4, -0.2) is 47.5 Å². The van der Waals surface area contributed by atoms with Crippen LogP contribution in [-0.2, 0) is 9.73 Å². The number of fused-ring (bicyclic) bond motifs is 1. The summed E-state index contributed by atoms with van der Waals surface area (Å²) in [6, 6.07) is 17.6. The van der Waals surface area contributed by atoms with Gasteiger partial charge in [-0.1, -0.05) is 35.3 Å². The molecule has 37 heavy (non-hydrogen) atoms. The van der Waals surface area contributed by atoms with E-state index in [9.17, 15) is 9.32 Å². The molecule has 2 unspecified atom stereocenters. The first-order valence-electron chi connectivity index (χ1n) is 11.9. The van der Waals surface area contributed by atoms with Gasteiger partial charge in [-0.2, -0.15) is 4.36 Å². The van der Waals surface area contributed by atoms with Gasteiger partial charge in [0.1, 0.15) is 9.73 Å². The number of hydrogen-bond donors (Lipinski definition) is 1. The summed E-state index contributed by atoms with van der Waals surface area (Å²) >= 11 is 12.1. The molecule has 2 aliphatic heterocycles. The monoisotopic (exact) mass is 559 g/mol. The first-order chi connectivity index (χ1) is 17.8. The third-order valence-electron chi connectivity index (χ3n) is 6.81. The fourth-order valence-corrected chi connectivity index (χ4v) is 6.98. The Morgan fingerprint density at radius 2 is 1.51 bits per heavy atom. The number of methoxy groups -OCH3 is 2. The fraction of sp³-hybridized carbons (Fsp3) is 0.296. The summed E-state index contributed by atoms with van der Waals surface area (Å²) in [6.45, 7) is 1.24. The van der Waals surface area contributed by atoms with Crippen molar-refractivity contribution in [1.29, 1.82) is 0 Å². The van der Waals surface area contributed by atoms with Gasteiger partial charge >= 0.3 is 0 Å². The van der Waals surface area contributed by atoms with Gasteiger partial charge in [0.25, 0.3) is 0 Å². The van der Waals surface area contributed by atoms with Gasteiger partial charge in [-0.25, -0.2) is 9.20 Å². The minimum Gasteiger partial charge on any atom is -0.493 e. The largest absolute Gasteiger partial charge is 0.493 e. The van der Waals surface area contributed by atoms with E-state index < -0.39 is 15.8 Å². The quantitative estimate of drug-likeness (QED) is 0.394. The molecule has 2 atom stereocenters. The van der Waals surface area contributed by atoms with Crippen molar-refractivity contribution in [3.63, 3.8) is 0 Å². The standard InChI is InChI=1S/C27H27Cl2N3O4S/c1-35-23-15-22-25(16-24(23)36-2)37(34,21-9-7-20(29)8-10-21)31-27(30-22)32-13-11-18(12-14-32)26(33)17-3-5-19(28)6-4-17/h3-10,15-16,18,26,33H,11-14H2,1-2H3. The van der Waals surface area contributed by atoms with Crippen LogP contribution in [0.5, 0.6) is 11.5 Å². The molecule has 1 fully saturated rings. The molecule has 0 saturated carbocycles. The topological polar surface area (TPSA) is 83.7 Å². The average molecular weight is 561 g/mol. The van der Waals surface area contributed by atoms with Crippen molar-refractivity contribution in [2.45, 2.75) is 28.7 Å². The first kappa shape index (κ1) is 25.9. The molecule has 3 aromatic rings. The maximum Gasteiger partial charge on any atom is 0.234 e. The molecule has 194 valence electrons. The molecule has 7 nitrogen and oxygen atoms in total. The minimum atomic E-state index is -3.08. The van der Waals surface area contributed by atoms with E-state index in [2.05, 4.69) is 0 Å². The van der Waals surface area contributed by atoms with E-state index in [0.29, 0.717) is 56.1 Å². The molecule has 0 radical (unpaired) electrons. The third-order valence-corrected chi connectivity index (χ3v) is 9.57. The molecular weight excluding hydrogens is 533 g/mol. The van der Waals surface area contributed by atoms with Crippen LogP contribution < -0.4 is 9.47 Å². The molecule has 0 aromatic heterocycles. The van der Waals surface area contributed by atoms with Gasteiger partial charge in [-0.05, 0) is 60.7 Å². The predicted molar refractivity (Wildman–Crippen MR) is 146 cm³/mol. The van der Waals surface area contributed by atoms with Gasteiger partial charge in [0.15, 0.2) is 11.5 Å². The van der Waals surface area contributed by atoms with Crippen molar-refractivity contribution in [2.75, 3.05) is 27.3 Å². The van der Waals surface area contributed by atoms with Gasteiger partial charge in [0.2, 0.25) is 5.96 Å². The molecule has 2 aliphatic rings. The maximum absolute atomic E-state index is 14.6. The van der Waals surface area contributed by atoms with E-state index in [0.717, 1.165) is 18.4 Å². The zero-order valence-corrected chi connectivity index (χ0v) is 22.8. The van der Waals surface area contributed by atoms with Crippen molar-refractivity contribution < 1.29 is 18.8 Å². The molecule has 0 bridgehead atoms. The normalized spacial score (nSPS) is 20.5. The second kappa shape index (κ2) is 10.5. The van der Waals surface area contributed by atoms with Crippen molar-refractivity contribution >= 4 is 44.6 Å². The lowest BCUT2D eigenvalue weighted by Crippen LogP contribution is -2.40. The maximum atomic E-state index is 14.6. The summed E-state index contributed by atoms with van der Waals surface area (Å²) in [5, 5.41) is 12.1. The van der Waals surface area contributed by atoms with Crippen LogP contribution >= 0.6 is 23.2 Å². The Kier molecular flexibility index (Phi) is 7.36. The highest BCUT2D eigenvalue weighted by Gasteiger charge is 2.32. The molecule has 5 rings (SSSR count). The number of aliphatic hydroxyl groups excluding tert-OH is 1. The zero-order valence-electron chi connectivity index (χ0n) is 20.4. The fourth-order valence-electron chi connectivity index (χ4n) is 4.73. The van der Waals surface area contributed by atoms with Gasteiger partial charge in [-0.15, -0.1) is 0 Å². The van der Waals surface area contributed by atoms with Crippen LogP contribution in [0.15, 0.2) is 79.8 Å². The summed E-state index contributed by atoms with van der Waals surface area (Å²) in [5.41, 5.74) is 1.37. The number of ether oxygens (including phenoxy) is 2. The number of likely N-dealkylation sites (tertiary alicyclic amines) is 1. The van der Waals surface area contributed by atoms with E-state index in [4.69, 9.17) is 42.0 Å². The highest BCUT2D eigenvalue weighted by molar-refractivity contribution is 7.94. The van der Waals surface area contributed by atoms with E-state index in [1.165, 1.54) is 7.11 Å². The molecule has 0 amide bonds. The molecule has 0 aliphatic carbocycles. The van der Waals surface area contributed by atoms with E-state index >= 15 is 0 Å².